The van der Waals surface area contributed by atoms with Crippen molar-refractivity contribution in [2.45, 2.75) is 6.18 Å². The van der Waals surface area contributed by atoms with Crippen LogP contribution in [0.25, 0.3) is 22.0 Å². The predicted octanol–water partition coefficient (Wildman–Crippen LogP) is 5.63. The summed E-state index contributed by atoms with van der Waals surface area (Å²) < 4.78 is 37.7. The molecule has 28 heavy (non-hydrogen) atoms. The normalized spacial score (nSPS) is 11.5. The number of thiophene rings is 1. The van der Waals surface area contributed by atoms with Gasteiger partial charge >= 0.3 is 6.18 Å². The summed E-state index contributed by atoms with van der Waals surface area (Å²) in [6, 6.07) is 11.1. The fourth-order valence-electron chi connectivity index (χ4n) is 2.69. The molecule has 0 saturated carbocycles. The van der Waals surface area contributed by atoms with Crippen molar-refractivity contribution >= 4 is 33.8 Å². The van der Waals surface area contributed by atoms with Crippen LogP contribution in [0.1, 0.15) is 16.1 Å². The van der Waals surface area contributed by atoms with Gasteiger partial charge in [-0.3, -0.25) is 9.78 Å². The number of hydrogen-bond acceptors (Lipinski definition) is 4. The van der Waals surface area contributed by atoms with E-state index in [9.17, 15) is 18.0 Å². The lowest BCUT2D eigenvalue weighted by Gasteiger charge is -2.08. The lowest BCUT2D eigenvalue weighted by molar-refractivity contribution is -0.141. The van der Waals surface area contributed by atoms with E-state index in [2.05, 4.69) is 15.3 Å². The average molecular weight is 399 g/mol. The number of nitrogens with one attached hydrogen (secondary N) is 1. The Hall–Kier alpha value is -3.26. The van der Waals surface area contributed by atoms with Gasteiger partial charge < -0.3 is 5.32 Å². The minimum atomic E-state index is -4.52. The molecule has 1 N–H and O–H groups in total. The minimum Gasteiger partial charge on any atom is -0.321 e. The molecule has 0 spiro atoms. The van der Waals surface area contributed by atoms with Crippen LogP contribution in [0.15, 0.2) is 65.6 Å². The highest BCUT2D eigenvalue weighted by molar-refractivity contribution is 7.08. The summed E-state index contributed by atoms with van der Waals surface area (Å²) in [5.74, 6) is -0.452. The van der Waals surface area contributed by atoms with Gasteiger partial charge in [0, 0.05) is 22.7 Å². The SMILES string of the molecule is O=C(Nc1ccc(C(F)(F)F)nc1)c1ccc2cc(-c3ccsc3)cnc2c1. The van der Waals surface area contributed by atoms with Crippen molar-refractivity contribution in [2.75, 3.05) is 5.32 Å². The topological polar surface area (TPSA) is 54.9 Å². The molecule has 0 fully saturated rings. The Labute approximate surface area is 161 Å². The number of anilines is 1. The number of fused-ring (bicyclic) bond motifs is 1. The van der Waals surface area contributed by atoms with Crippen molar-refractivity contribution in [3.05, 3.63) is 76.9 Å². The van der Waals surface area contributed by atoms with Crippen LogP contribution in [0.2, 0.25) is 0 Å². The number of carbonyl (C=O) groups is 1. The average Bonchev–Trinajstić information content (AvgIpc) is 3.21. The largest absolute Gasteiger partial charge is 0.433 e. The molecule has 4 aromatic rings. The molecule has 0 aliphatic rings. The number of alkyl halides is 3. The number of halogens is 3. The van der Waals surface area contributed by atoms with Crippen molar-refractivity contribution in [3.63, 3.8) is 0 Å². The van der Waals surface area contributed by atoms with Gasteiger partial charge in [-0.25, -0.2) is 4.98 Å². The van der Waals surface area contributed by atoms with Gasteiger partial charge in [-0.05, 0) is 52.7 Å². The highest BCUT2D eigenvalue weighted by Gasteiger charge is 2.32. The summed E-state index contributed by atoms with van der Waals surface area (Å²) >= 11 is 1.60. The Balaban J connectivity index is 1.55. The molecule has 0 unspecified atom stereocenters. The Morgan fingerprint density at radius 3 is 2.50 bits per heavy atom. The van der Waals surface area contributed by atoms with Crippen LogP contribution in [0.4, 0.5) is 18.9 Å². The van der Waals surface area contributed by atoms with Crippen LogP contribution in [-0.2, 0) is 6.18 Å². The van der Waals surface area contributed by atoms with Gasteiger partial charge in [-0.2, -0.15) is 24.5 Å². The van der Waals surface area contributed by atoms with Crippen LogP contribution < -0.4 is 5.32 Å². The van der Waals surface area contributed by atoms with Crippen LogP contribution in [0, 0.1) is 0 Å². The molecule has 1 aromatic carbocycles. The quantitative estimate of drug-likeness (QED) is 0.486. The van der Waals surface area contributed by atoms with Gasteiger partial charge in [0.25, 0.3) is 5.91 Å². The van der Waals surface area contributed by atoms with Crippen molar-refractivity contribution < 1.29 is 18.0 Å². The maximum Gasteiger partial charge on any atom is 0.433 e. The Morgan fingerprint density at radius 2 is 1.82 bits per heavy atom. The molecule has 4 rings (SSSR count). The van der Waals surface area contributed by atoms with E-state index in [4.69, 9.17) is 0 Å². The van der Waals surface area contributed by atoms with Crippen LogP contribution in [-0.4, -0.2) is 15.9 Å². The van der Waals surface area contributed by atoms with E-state index in [0.717, 1.165) is 28.8 Å². The third-order valence-corrected chi connectivity index (χ3v) is 4.80. The molecule has 140 valence electrons. The first-order valence-corrected chi connectivity index (χ1v) is 9.11. The molecule has 0 atom stereocenters. The zero-order valence-electron chi connectivity index (χ0n) is 14.2. The molecule has 1 amide bonds. The summed E-state index contributed by atoms with van der Waals surface area (Å²) in [6.07, 6.45) is -1.80. The molecule has 0 radical (unpaired) electrons. The van der Waals surface area contributed by atoms with E-state index < -0.39 is 17.8 Å². The second kappa shape index (κ2) is 7.05. The van der Waals surface area contributed by atoms with E-state index >= 15 is 0 Å². The van der Waals surface area contributed by atoms with Crippen LogP contribution in [0.5, 0.6) is 0 Å². The Kier molecular flexibility index (Phi) is 4.56. The zero-order chi connectivity index (χ0) is 19.7. The lowest BCUT2D eigenvalue weighted by Crippen LogP contribution is -2.13. The van der Waals surface area contributed by atoms with Gasteiger partial charge in [0.2, 0.25) is 0 Å². The molecule has 8 heteroatoms. The van der Waals surface area contributed by atoms with Crippen LogP contribution in [0.3, 0.4) is 0 Å². The van der Waals surface area contributed by atoms with Gasteiger partial charge in [0.1, 0.15) is 5.69 Å². The van der Waals surface area contributed by atoms with Gasteiger partial charge in [-0.1, -0.05) is 6.07 Å². The third-order valence-electron chi connectivity index (χ3n) is 4.11. The van der Waals surface area contributed by atoms with Crippen molar-refractivity contribution in [3.8, 4) is 11.1 Å². The summed E-state index contributed by atoms with van der Waals surface area (Å²) in [5, 5.41) is 7.45. The van der Waals surface area contributed by atoms with E-state index in [1.54, 1.807) is 35.7 Å². The highest BCUT2D eigenvalue weighted by atomic mass is 32.1. The number of amides is 1. The maximum atomic E-state index is 12.6. The van der Waals surface area contributed by atoms with Crippen molar-refractivity contribution in [2.24, 2.45) is 0 Å². The first-order chi connectivity index (χ1) is 13.4. The Morgan fingerprint density at radius 1 is 0.964 bits per heavy atom. The molecular weight excluding hydrogens is 387 g/mol. The number of aromatic nitrogens is 2. The lowest BCUT2D eigenvalue weighted by atomic mass is 10.1. The van der Waals surface area contributed by atoms with Crippen molar-refractivity contribution in [1.29, 1.82) is 0 Å². The molecular formula is C20H12F3N3OS. The number of pyridine rings is 2. The second-order valence-corrected chi connectivity index (χ2v) is 6.81. The fourth-order valence-corrected chi connectivity index (χ4v) is 3.35. The number of nitrogens with zero attached hydrogens (tertiary/aromatic N) is 2. The smallest absolute Gasteiger partial charge is 0.321 e. The molecule has 3 aromatic heterocycles. The highest BCUT2D eigenvalue weighted by Crippen LogP contribution is 2.28. The van der Waals surface area contributed by atoms with Gasteiger partial charge in [0.15, 0.2) is 0 Å². The third kappa shape index (κ3) is 3.72. The maximum absolute atomic E-state index is 12.6. The molecule has 4 nitrogen and oxygen atoms in total. The molecule has 0 aliphatic carbocycles. The minimum absolute atomic E-state index is 0.180. The zero-order valence-corrected chi connectivity index (χ0v) is 15.0. The molecule has 0 saturated heterocycles. The number of rotatable bonds is 3. The number of hydrogen-bond donors (Lipinski definition) is 1. The predicted molar refractivity (Wildman–Crippen MR) is 102 cm³/mol. The number of benzene rings is 1. The summed E-state index contributed by atoms with van der Waals surface area (Å²) in [5.41, 5.74) is 2.24. The van der Waals surface area contributed by atoms with E-state index in [-0.39, 0.29) is 5.69 Å². The van der Waals surface area contributed by atoms with E-state index in [0.29, 0.717) is 11.1 Å². The van der Waals surface area contributed by atoms with Gasteiger partial charge in [-0.15, -0.1) is 0 Å². The fraction of sp³-hybridized carbons (Fsp3) is 0.0500. The molecule has 3 heterocycles. The summed E-state index contributed by atoms with van der Waals surface area (Å²) in [7, 11) is 0. The first-order valence-electron chi connectivity index (χ1n) is 8.17. The van der Waals surface area contributed by atoms with E-state index in [1.807, 2.05) is 22.9 Å². The summed E-state index contributed by atoms with van der Waals surface area (Å²) in [4.78, 5) is 20.1. The van der Waals surface area contributed by atoms with Crippen LogP contribution >= 0.6 is 11.3 Å². The second-order valence-electron chi connectivity index (χ2n) is 6.03. The number of carbonyl (C=O) groups excluding carboxylic acids is 1. The monoisotopic (exact) mass is 399 g/mol. The molecule has 0 aliphatic heterocycles. The van der Waals surface area contributed by atoms with Gasteiger partial charge in [0.05, 0.1) is 17.4 Å². The first kappa shape index (κ1) is 18.1. The summed E-state index contributed by atoms with van der Waals surface area (Å²) in [6.45, 7) is 0. The Bertz CT molecular complexity index is 1140. The standard InChI is InChI=1S/C20H12F3N3OS/c21-20(22,23)18-4-3-16(10-25-18)26-19(27)13-2-1-12-7-15(9-24-17(12)8-13)14-5-6-28-11-14/h1-11H,(H,26,27). The van der Waals surface area contributed by atoms with Crippen molar-refractivity contribution in [1.82, 2.24) is 9.97 Å². The van der Waals surface area contributed by atoms with E-state index in [1.165, 1.54) is 6.07 Å². The molecule has 0 bridgehead atoms.